The number of rotatable bonds is 2. The maximum atomic E-state index is 11.7. The maximum absolute atomic E-state index is 11.7. The van der Waals surface area contributed by atoms with Gasteiger partial charge in [-0.05, 0) is 12.8 Å². The third kappa shape index (κ3) is 2.16. The molecule has 1 aliphatic rings. The molecule has 0 bridgehead atoms. The molecule has 1 aromatic heterocycles. The largest absolute Gasteiger partial charge is 0.494 e. The number of carbonyl (C=O) groups is 2. The van der Waals surface area contributed by atoms with Gasteiger partial charge in [-0.25, -0.2) is 4.79 Å². The van der Waals surface area contributed by atoms with Crippen LogP contribution in [0.1, 0.15) is 31.4 Å². The molecule has 0 spiro atoms. The van der Waals surface area contributed by atoms with Crippen LogP contribution in [0.15, 0.2) is 9.59 Å². The van der Waals surface area contributed by atoms with Gasteiger partial charge in [0.25, 0.3) is 5.56 Å². The average Bonchev–Trinajstić information content (AvgIpc) is 2.31. The second-order valence-corrected chi connectivity index (χ2v) is 4.25. The van der Waals surface area contributed by atoms with Crippen molar-refractivity contribution in [3.05, 3.63) is 26.4 Å². The fourth-order valence-corrected chi connectivity index (χ4v) is 2.11. The summed E-state index contributed by atoms with van der Waals surface area (Å²) >= 11 is 0. The number of carbonyl (C=O) groups excluding carboxylic acids is 2. The fraction of sp³-hybridized carbons (Fsp3) is 0.455. The van der Waals surface area contributed by atoms with Crippen LogP contribution in [0.4, 0.5) is 0 Å². The van der Waals surface area contributed by atoms with Crippen molar-refractivity contribution in [3.63, 3.8) is 0 Å². The van der Waals surface area contributed by atoms with E-state index in [1.165, 1.54) is 0 Å². The molecular formula is C11H13N3O5. The summed E-state index contributed by atoms with van der Waals surface area (Å²) in [7, 11) is 0. The van der Waals surface area contributed by atoms with Crippen LogP contribution >= 0.6 is 0 Å². The summed E-state index contributed by atoms with van der Waals surface area (Å²) < 4.78 is 0.821. The van der Waals surface area contributed by atoms with E-state index in [4.69, 9.17) is 0 Å². The quantitative estimate of drug-likeness (QED) is 0.580. The highest BCUT2D eigenvalue weighted by Gasteiger charge is 2.31. The van der Waals surface area contributed by atoms with E-state index >= 15 is 0 Å². The van der Waals surface area contributed by atoms with Gasteiger partial charge in [-0.3, -0.25) is 29.3 Å². The van der Waals surface area contributed by atoms with Crippen molar-refractivity contribution < 1.29 is 14.7 Å². The molecular weight excluding hydrogens is 254 g/mol. The van der Waals surface area contributed by atoms with Crippen molar-refractivity contribution in [2.75, 3.05) is 0 Å². The Morgan fingerprint density at radius 2 is 2.00 bits per heavy atom. The maximum Gasteiger partial charge on any atom is 0.331 e. The lowest BCUT2D eigenvalue weighted by atomic mass is 10.1. The lowest BCUT2D eigenvalue weighted by Gasteiger charge is -2.23. The molecule has 0 aromatic carbocycles. The number of hydrogen-bond donors (Lipinski definition) is 3. The molecule has 1 unspecified atom stereocenters. The predicted octanol–water partition coefficient (Wildman–Crippen LogP) is -1.22. The molecule has 0 saturated carbocycles. The zero-order valence-electron chi connectivity index (χ0n) is 10.2. The number of aromatic amines is 1. The summed E-state index contributed by atoms with van der Waals surface area (Å²) in [5, 5.41) is 12.1. The third-order valence-corrected chi connectivity index (χ3v) is 3.09. The van der Waals surface area contributed by atoms with Crippen LogP contribution in [0, 0.1) is 0 Å². The molecule has 2 rings (SSSR count). The SMILES string of the molecule is CCc1c(O)n(C2CCC(=O)NC2=O)c(=O)[nH]c1=O. The number of amides is 2. The monoisotopic (exact) mass is 267 g/mol. The first-order chi connectivity index (χ1) is 8.95. The van der Waals surface area contributed by atoms with Gasteiger partial charge in [0.15, 0.2) is 0 Å². The first kappa shape index (κ1) is 13.1. The van der Waals surface area contributed by atoms with Gasteiger partial charge < -0.3 is 5.11 Å². The van der Waals surface area contributed by atoms with E-state index in [0.29, 0.717) is 0 Å². The van der Waals surface area contributed by atoms with Gasteiger partial charge in [-0.15, -0.1) is 0 Å². The fourth-order valence-electron chi connectivity index (χ4n) is 2.11. The first-order valence-electron chi connectivity index (χ1n) is 5.86. The summed E-state index contributed by atoms with van der Waals surface area (Å²) in [4.78, 5) is 48.0. The summed E-state index contributed by atoms with van der Waals surface area (Å²) in [5.74, 6) is -1.61. The van der Waals surface area contributed by atoms with E-state index in [9.17, 15) is 24.3 Å². The van der Waals surface area contributed by atoms with E-state index in [1.807, 2.05) is 0 Å². The molecule has 0 radical (unpaired) electrons. The highest BCUT2D eigenvalue weighted by atomic mass is 16.3. The van der Waals surface area contributed by atoms with Gasteiger partial charge in [0.05, 0.1) is 5.56 Å². The number of nitrogens with zero attached hydrogens (tertiary/aromatic N) is 1. The summed E-state index contributed by atoms with van der Waals surface area (Å²) in [6.07, 6.45) is 0.394. The van der Waals surface area contributed by atoms with Gasteiger partial charge >= 0.3 is 5.69 Å². The Morgan fingerprint density at radius 3 is 2.58 bits per heavy atom. The van der Waals surface area contributed by atoms with Crippen LogP contribution in [0.5, 0.6) is 5.88 Å². The molecule has 1 saturated heterocycles. The Morgan fingerprint density at radius 1 is 1.32 bits per heavy atom. The van der Waals surface area contributed by atoms with E-state index in [-0.39, 0.29) is 24.8 Å². The minimum Gasteiger partial charge on any atom is -0.494 e. The highest BCUT2D eigenvalue weighted by Crippen LogP contribution is 2.22. The third-order valence-electron chi connectivity index (χ3n) is 3.09. The molecule has 1 fully saturated rings. The Bertz CT molecular complexity index is 657. The van der Waals surface area contributed by atoms with Gasteiger partial charge in [-0.1, -0.05) is 6.92 Å². The first-order valence-corrected chi connectivity index (χ1v) is 5.86. The number of aromatic hydroxyl groups is 1. The van der Waals surface area contributed by atoms with Crippen molar-refractivity contribution in [2.24, 2.45) is 0 Å². The number of hydrogen-bond acceptors (Lipinski definition) is 5. The van der Waals surface area contributed by atoms with Gasteiger partial charge in [0, 0.05) is 6.42 Å². The second kappa shape index (κ2) is 4.71. The second-order valence-electron chi connectivity index (χ2n) is 4.25. The van der Waals surface area contributed by atoms with E-state index in [2.05, 4.69) is 10.3 Å². The minimum atomic E-state index is -0.993. The number of nitrogens with one attached hydrogen (secondary N) is 2. The Balaban J connectivity index is 2.57. The standard InChI is InChI=1S/C11H13N3O5/c1-2-5-8(16)13-11(19)14(10(5)18)6-3-4-7(15)12-9(6)17/h6,18H,2-4H2,1H3,(H,12,15,17)(H,13,16,19). The molecule has 0 aliphatic carbocycles. The molecule has 2 amide bonds. The molecule has 1 atom stereocenters. The smallest absolute Gasteiger partial charge is 0.331 e. The van der Waals surface area contributed by atoms with Gasteiger partial charge in [-0.2, -0.15) is 0 Å². The van der Waals surface area contributed by atoms with E-state index in [1.54, 1.807) is 6.92 Å². The minimum absolute atomic E-state index is 0.0318. The molecule has 1 aromatic rings. The van der Waals surface area contributed by atoms with Crippen molar-refractivity contribution in [3.8, 4) is 5.88 Å². The predicted molar refractivity (Wildman–Crippen MR) is 63.8 cm³/mol. The number of piperidine rings is 1. The van der Waals surface area contributed by atoms with E-state index in [0.717, 1.165) is 4.57 Å². The van der Waals surface area contributed by atoms with Gasteiger partial charge in [0.1, 0.15) is 6.04 Å². The summed E-state index contributed by atoms with van der Waals surface area (Å²) in [5.41, 5.74) is -1.51. The molecule has 8 heteroatoms. The Kier molecular flexibility index (Phi) is 3.24. The van der Waals surface area contributed by atoms with Crippen molar-refractivity contribution >= 4 is 11.8 Å². The van der Waals surface area contributed by atoms with Crippen molar-refractivity contribution in [1.29, 1.82) is 0 Å². The normalized spacial score (nSPS) is 19.3. The van der Waals surface area contributed by atoms with Crippen molar-refractivity contribution in [1.82, 2.24) is 14.9 Å². The molecule has 8 nitrogen and oxygen atoms in total. The summed E-state index contributed by atoms with van der Waals surface area (Å²) in [6, 6.07) is -0.993. The van der Waals surface area contributed by atoms with Crippen molar-refractivity contribution in [2.45, 2.75) is 32.2 Å². The molecule has 102 valence electrons. The van der Waals surface area contributed by atoms with Crippen LogP contribution in [-0.2, 0) is 16.0 Å². The average molecular weight is 267 g/mol. The number of imide groups is 1. The van der Waals surface area contributed by atoms with Crippen LogP contribution < -0.4 is 16.6 Å². The van der Waals surface area contributed by atoms with E-state index < -0.39 is 35.0 Å². The summed E-state index contributed by atoms with van der Waals surface area (Å²) in [6.45, 7) is 1.64. The number of aromatic nitrogens is 2. The zero-order valence-corrected chi connectivity index (χ0v) is 10.2. The lowest BCUT2D eigenvalue weighted by Crippen LogP contribution is -2.46. The van der Waals surface area contributed by atoms with Gasteiger partial charge in [0.2, 0.25) is 17.7 Å². The number of H-pyrrole nitrogens is 1. The Hall–Kier alpha value is -2.38. The van der Waals surface area contributed by atoms with Crippen LogP contribution in [0.2, 0.25) is 0 Å². The zero-order chi connectivity index (χ0) is 14.2. The highest BCUT2D eigenvalue weighted by molar-refractivity contribution is 5.99. The Labute approximate surface area is 107 Å². The molecule has 19 heavy (non-hydrogen) atoms. The van der Waals surface area contributed by atoms with Crippen LogP contribution in [-0.4, -0.2) is 26.5 Å². The lowest BCUT2D eigenvalue weighted by molar-refractivity contribution is -0.135. The topological polar surface area (TPSA) is 121 Å². The van der Waals surface area contributed by atoms with Crippen LogP contribution in [0.3, 0.4) is 0 Å². The van der Waals surface area contributed by atoms with Crippen LogP contribution in [0.25, 0.3) is 0 Å². The molecule has 1 aliphatic heterocycles. The molecule has 2 heterocycles. The molecule has 3 N–H and O–H groups in total.